The number of rotatable bonds is 18. The van der Waals surface area contributed by atoms with E-state index < -0.39 is 0 Å². The Labute approximate surface area is 245 Å². The molecular formula is C38H54O2. The Morgan fingerprint density at radius 1 is 0.450 bits per heavy atom. The maximum absolute atomic E-state index is 5.95. The molecular weight excluding hydrogens is 488 g/mol. The quantitative estimate of drug-likeness (QED) is 0.138. The minimum atomic E-state index is 0.808. The van der Waals surface area contributed by atoms with E-state index in [1.54, 1.807) is 0 Å². The molecule has 0 bridgehead atoms. The van der Waals surface area contributed by atoms with Gasteiger partial charge in [-0.2, -0.15) is 0 Å². The molecule has 2 aromatic rings. The Morgan fingerprint density at radius 3 is 1.20 bits per heavy atom. The van der Waals surface area contributed by atoms with Gasteiger partial charge < -0.3 is 9.47 Å². The molecule has 0 N–H and O–H groups in total. The van der Waals surface area contributed by atoms with E-state index in [1.807, 2.05) is 24.3 Å². The summed E-state index contributed by atoms with van der Waals surface area (Å²) in [6.07, 6.45) is 27.9. The van der Waals surface area contributed by atoms with Crippen molar-refractivity contribution in [3.8, 4) is 23.3 Å². The van der Waals surface area contributed by atoms with Gasteiger partial charge in [-0.3, -0.25) is 0 Å². The van der Waals surface area contributed by atoms with Crippen LogP contribution in [0.1, 0.15) is 140 Å². The molecule has 0 unspecified atom stereocenters. The third-order valence-corrected chi connectivity index (χ3v) is 9.06. The van der Waals surface area contributed by atoms with Crippen molar-refractivity contribution in [1.82, 2.24) is 0 Å². The molecule has 218 valence electrons. The van der Waals surface area contributed by atoms with Gasteiger partial charge >= 0.3 is 0 Å². The van der Waals surface area contributed by atoms with Crippen LogP contribution in [0.3, 0.4) is 0 Å². The summed E-state index contributed by atoms with van der Waals surface area (Å²) in [5.74, 6) is 10.5. The largest absolute Gasteiger partial charge is 0.494 e. The minimum Gasteiger partial charge on any atom is -0.494 e. The topological polar surface area (TPSA) is 18.5 Å². The SMILES string of the molecule is C(#Cc1ccc(OCCCCCCCC2CCCC2)cc1)c1ccc(OCCCCCCCC2CCCC2)cc1. The van der Waals surface area contributed by atoms with Crippen LogP contribution in [0, 0.1) is 23.7 Å². The molecule has 40 heavy (non-hydrogen) atoms. The lowest BCUT2D eigenvalue weighted by atomic mass is 9.99. The van der Waals surface area contributed by atoms with Crippen molar-refractivity contribution in [2.24, 2.45) is 11.8 Å². The van der Waals surface area contributed by atoms with E-state index >= 15 is 0 Å². The Kier molecular flexibility index (Phi) is 14.4. The number of hydrogen-bond acceptors (Lipinski definition) is 2. The van der Waals surface area contributed by atoms with E-state index in [0.29, 0.717) is 0 Å². The summed E-state index contributed by atoms with van der Waals surface area (Å²) in [7, 11) is 0. The number of ether oxygens (including phenoxy) is 2. The molecule has 2 fully saturated rings. The van der Waals surface area contributed by atoms with Crippen LogP contribution in [0.4, 0.5) is 0 Å². The average molecular weight is 543 g/mol. The zero-order valence-electron chi connectivity index (χ0n) is 25.1. The molecule has 0 atom stereocenters. The van der Waals surface area contributed by atoms with Crippen molar-refractivity contribution < 1.29 is 9.47 Å². The highest BCUT2D eigenvalue weighted by molar-refractivity contribution is 5.45. The first-order valence-corrected chi connectivity index (χ1v) is 16.8. The highest BCUT2D eigenvalue weighted by Gasteiger charge is 2.14. The molecule has 0 heterocycles. The van der Waals surface area contributed by atoms with Crippen molar-refractivity contribution in [1.29, 1.82) is 0 Å². The number of benzene rings is 2. The fourth-order valence-corrected chi connectivity index (χ4v) is 6.52. The monoisotopic (exact) mass is 542 g/mol. The zero-order chi connectivity index (χ0) is 27.5. The summed E-state index contributed by atoms with van der Waals surface area (Å²) >= 11 is 0. The predicted molar refractivity (Wildman–Crippen MR) is 169 cm³/mol. The van der Waals surface area contributed by atoms with Crippen LogP contribution in [-0.2, 0) is 0 Å². The van der Waals surface area contributed by atoms with Crippen LogP contribution in [-0.4, -0.2) is 13.2 Å². The summed E-state index contributed by atoms with van der Waals surface area (Å²) < 4.78 is 11.9. The van der Waals surface area contributed by atoms with Crippen molar-refractivity contribution >= 4 is 0 Å². The number of hydrogen-bond donors (Lipinski definition) is 0. The van der Waals surface area contributed by atoms with E-state index in [9.17, 15) is 0 Å². The van der Waals surface area contributed by atoms with Crippen molar-refractivity contribution in [2.45, 2.75) is 128 Å². The number of unbranched alkanes of at least 4 members (excludes halogenated alkanes) is 8. The van der Waals surface area contributed by atoms with E-state index in [4.69, 9.17) is 9.47 Å². The smallest absolute Gasteiger partial charge is 0.119 e. The summed E-state index contributed by atoms with van der Waals surface area (Å²) in [6.45, 7) is 1.62. The van der Waals surface area contributed by atoms with Gasteiger partial charge in [0.15, 0.2) is 0 Å². The summed E-state index contributed by atoms with van der Waals surface area (Å²) in [5, 5.41) is 0. The molecule has 4 rings (SSSR count). The second-order valence-corrected chi connectivity index (χ2v) is 12.4. The van der Waals surface area contributed by atoms with Crippen LogP contribution in [0.5, 0.6) is 11.5 Å². The van der Waals surface area contributed by atoms with Gasteiger partial charge in [-0.1, -0.05) is 127 Å². The van der Waals surface area contributed by atoms with Crippen LogP contribution in [0.2, 0.25) is 0 Å². The van der Waals surface area contributed by atoms with Crippen LogP contribution < -0.4 is 9.47 Å². The molecule has 0 amide bonds. The summed E-state index contributed by atoms with van der Waals surface area (Å²) in [4.78, 5) is 0. The van der Waals surface area contributed by atoms with E-state index in [1.165, 1.54) is 116 Å². The van der Waals surface area contributed by atoms with Crippen molar-refractivity contribution in [3.05, 3.63) is 59.7 Å². The molecule has 0 aromatic heterocycles. The molecule has 2 saturated carbocycles. The lowest BCUT2D eigenvalue weighted by molar-refractivity contribution is 0.303. The van der Waals surface area contributed by atoms with Crippen molar-refractivity contribution in [2.75, 3.05) is 13.2 Å². The minimum absolute atomic E-state index is 0.808. The highest BCUT2D eigenvalue weighted by Crippen LogP contribution is 2.30. The first-order valence-electron chi connectivity index (χ1n) is 16.8. The molecule has 0 radical (unpaired) electrons. The molecule has 2 heteroatoms. The Morgan fingerprint density at radius 2 is 0.800 bits per heavy atom. The fraction of sp³-hybridized carbons (Fsp3) is 0.632. The maximum atomic E-state index is 5.95. The molecule has 0 saturated heterocycles. The molecule has 2 aliphatic rings. The highest BCUT2D eigenvalue weighted by atomic mass is 16.5. The molecule has 2 aromatic carbocycles. The summed E-state index contributed by atoms with van der Waals surface area (Å²) in [6, 6.07) is 16.4. The molecule has 2 nitrogen and oxygen atoms in total. The second-order valence-electron chi connectivity index (χ2n) is 12.4. The lowest BCUT2D eigenvalue weighted by Gasteiger charge is -2.08. The van der Waals surface area contributed by atoms with E-state index in [0.717, 1.165) is 60.5 Å². The van der Waals surface area contributed by atoms with E-state index in [-0.39, 0.29) is 0 Å². The first-order chi connectivity index (χ1) is 19.8. The van der Waals surface area contributed by atoms with Gasteiger partial charge in [0, 0.05) is 11.1 Å². The van der Waals surface area contributed by atoms with Gasteiger partial charge in [0.2, 0.25) is 0 Å². The second kappa shape index (κ2) is 18.9. The third-order valence-electron chi connectivity index (χ3n) is 9.06. The Bertz CT molecular complexity index is 889. The first kappa shape index (κ1) is 30.6. The third kappa shape index (κ3) is 12.4. The van der Waals surface area contributed by atoms with Crippen LogP contribution >= 0.6 is 0 Å². The van der Waals surface area contributed by atoms with Gasteiger partial charge in [0.25, 0.3) is 0 Å². The van der Waals surface area contributed by atoms with Gasteiger partial charge in [0.1, 0.15) is 11.5 Å². The van der Waals surface area contributed by atoms with E-state index in [2.05, 4.69) is 36.1 Å². The maximum Gasteiger partial charge on any atom is 0.119 e. The fourth-order valence-electron chi connectivity index (χ4n) is 6.52. The summed E-state index contributed by atoms with van der Waals surface area (Å²) in [5.41, 5.74) is 2.02. The van der Waals surface area contributed by atoms with Crippen LogP contribution in [0.25, 0.3) is 0 Å². The Balaban J connectivity index is 1.01. The Hall–Kier alpha value is -2.40. The average Bonchev–Trinajstić information content (AvgIpc) is 3.71. The normalized spacial score (nSPS) is 15.7. The van der Waals surface area contributed by atoms with Gasteiger partial charge in [-0.25, -0.2) is 0 Å². The van der Waals surface area contributed by atoms with Crippen molar-refractivity contribution in [3.63, 3.8) is 0 Å². The molecule has 0 aliphatic heterocycles. The predicted octanol–water partition coefficient (Wildman–Crippen LogP) is 10.9. The van der Waals surface area contributed by atoms with Crippen LogP contribution in [0.15, 0.2) is 48.5 Å². The lowest BCUT2D eigenvalue weighted by Crippen LogP contribution is -1.97. The van der Waals surface area contributed by atoms with Gasteiger partial charge in [-0.15, -0.1) is 0 Å². The van der Waals surface area contributed by atoms with Gasteiger partial charge in [-0.05, 0) is 73.2 Å². The molecule has 2 aliphatic carbocycles. The molecule has 0 spiro atoms. The zero-order valence-corrected chi connectivity index (χ0v) is 25.1. The standard InChI is InChI=1S/C38H54O2/c1(3-7-15-33-17-9-10-18-33)5-13-31-39-37-27-23-35(24-28-37)21-22-36-25-29-38(30-26-36)40-32-14-6-2-4-8-16-34-19-11-12-20-34/h23-30,33-34H,1-20,31-32H2. The van der Waals surface area contributed by atoms with Gasteiger partial charge in [0.05, 0.1) is 13.2 Å².